The minimum absolute atomic E-state index is 0.0104. The molecule has 0 aromatic heterocycles. The van der Waals surface area contributed by atoms with Gasteiger partial charge in [-0.2, -0.15) is 0 Å². The van der Waals surface area contributed by atoms with Gasteiger partial charge in [0.05, 0.1) is 11.7 Å². The average molecular weight is 314 g/mol. The Balaban J connectivity index is 1.81. The standard InChI is InChI=1S/C16H21Cl2NO/c1-11-3-2-6-16(8-11)10-19-9-15(20-16)13-5-4-12(17)7-14(13)18/h4-5,7,11,15,19H,2-3,6,8-10H2,1H3. The topological polar surface area (TPSA) is 21.3 Å². The van der Waals surface area contributed by atoms with Crippen LogP contribution in [0, 0.1) is 5.92 Å². The summed E-state index contributed by atoms with van der Waals surface area (Å²) in [7, 11) is 0. The summed E-state index contributed by atoms with van der Waals surface area (Å²) in [6.07, 6.45) is 4.88. The quantitative estimate of drug-likeness (QED) is 0.818. The first-order valence-electron chi connectivity index (χ1n) is 7.41. The highest BCUT2D eigenvalue weighted by atomic mass is 35.5. The number of ether oxygens (including phenoxy) is 1. The summed E-state index contributed by atoms with van der Waals surface area (Å²) < 4.78 is 6.50. The first-order valence-corrected chi connectivity index (χ1v) is 8.17. The van der Waals surface area contributed by atoms with E-state index in [4.69, 9.17) is 27.9 Å². The van der Waals surface area contributed by atoms with Crippen LogP contribution in [0.15, 0.2) is 18.2 Å². The van der Waals surface area contributed by atoms with Crippen molar-refractivity contribution < 1.29 is 4.74 Å². The molecule has 1 saturated carbocycles. The average Bonchev–Trinajstić information content (AvgIpc) is 2.38. The monoisotopic (exact) mass is 313 g/mol. The van der Waals surface area contributed by atoms with Gasteiger partial charge in [0, 0.05) is 28.7 Å². The van der Waals surface area contributed by atoms with Crippen LogP contribution in [0.25, 0.3) is 0 Å². The van der Waals surface area contributed by atoms with Crippen molar-refractivity contribution in [1.82, 2.24) is 5.32 Å². The fourth-order valence-corrected chi connectivity index (χ4v) is 4.16. The first kappa shape index (κ1) is 14.6. The molecule has 1 saturated heterocycles. The molecule has 3 unspecified atom stereocenters. The summed E-state index contributed by atoms with van der Waals surface area (Å²) in [5, 5.41) is 4.91. The molecule has 20 heavy (non-hydrogen) atoms. The molecular weight excluding hydrogens is 293 g/mol. The molecule has 4 heteroatoms. The Bertz CT molecular complexity index is 489. The number of benzene rings is 1. The molecule has 1 spiro atoms. The lowest BCUT2D eigenvalue weighted by Crippen LogP contribution is -2.53. The van der Waals surface area contributed by atoms with Crippen LogP contribution >= 0.6 is 23.2 Å². The maximum Gasteiger partial charge on any atom is 0.0971 e. The molecule has 0 bridgehead atoms. The van der Waals surface area contributed by atoms with Gasteiger partial charge in [-0.3, -0.25) is 0 Å². The minimum atomic E-state index is -0.0104. The Morgan fingerprint density at radius 3 is 2.95 bits per heavy atom. The fourth-order valence-electron chi connectivity index (χ4n) is 3.63. The number of rotatable bonds is 1. The van der Waals surface area contributed by atoms with E-state index < -0.39 is 0 Å². The van der Waals surface area contributed by atoms with Gasteiger partial charge in [-0.1, -0.05) is 49.0 Å². The Morgan fingerprint density at radius 2 is 2.20 bits per heavy atom. The van der Waals surface area contributed by atoms with E-state index in [1.54, 1.807) is 6.07 Å². The highest BCUT2D eigenvalue weighted by Gasteiger charge is 2.41. The second-order valence-electron chi connectivity index (χ2n) is 6.29. The molecule has 0 amide bonds. The Kier molecular flexibility index (Phi) is 4.28. The van der Waals surface area contributed by atoms with Gasteiger partial charge >= 0.3 is 0 Å². The van der Waals surface area contributed by atoms with Crippen LogP contribution in [-0.4, -0.2) is 18.7 Å². The number of morpholine rings is 1. The van der Waals surface area contributed by atoms with Gasteiger partial charge < -0.3 is 10.1 Å². The smallest absolute Gasteiger partial charge is 0.0971 e. The molecule has 1 aliphatic heterocycles. The third-order valence-electron chi connectivity index (χ3n) is 4.53. The molecule has 1 aliphatic carbocycles. The van der Waals surface area contributed by atoms with Crippen LogP contribution in [0.4, 0.5) is 0 Å². The molecule has 1 heterocycles. The Hall–Kier alpha value is -0.280. The molecule has 1 N–H and O–H groups in total. The summed E-state index contributed by atoms with van der Waals surface area (Å²) in [6, 6.07) is 5.67. The van der Waals surface area contributed by atoms with E-state index in [0.717, 1.165) is 37.4 Å². The van der Waals surface area contributed by atoms with Gasteiger partial charge in [0.1, 0.15) is 0 Å². The van der Waals surface area contributed by atoms with Crippen molar-refractivity contribution in [2.45, 2.75) is 44.3 Å². The molecule has 2 fully saturated rings. The third kappa shape index (κ3) is 2.99. The molecule has 1 aromatic rings. The van der Waals surface area contributed by atoms with Crippen molar-refractivity contribution >= 4 is 23.2 Å². The van der Waals surface area contributed by atoms with Crippen molar-refractivity contribution in [1.29, 1.82) is 0 Å². The van der Waals surface area contributed by atoms with E-state index in [-0.39, 0.29) is 11.7 Å². The summed E-state index contributed by atoms with van der Waals surface area (Å²) in [5.74, 6) is 0.741. The van der Waals surface area contributed by atoms with Crippen LogP contribution in [-0.2, 0) is 4.74 Å². The van der Waals surface area contributed by atoms with E-state index in [0.29, 0.717) is 10.0 Å². The van der Waals surface area contributed by atoms with Gasteiger partial charge in [-0.25, -0.2) is 0 Å². The van der Waals surface area contributed by atoms with E-state index in [1.165, 1.54) is 12.8 Å². The van der Waals surface area contributed by atoms with Crippen molar-refractivity contribution in [2.24, 2.45) is 5.92 Å². The second-order valence-corrected chi connectivity index (χ2v) is 7.13. The fraction of sp³-hybridized carbons (Fsp3) is 0.625. The normalized spacial score (nSPS) is 34.4. The summed E-state index contributed by atoms with van der Waals surface area (Å²) in [5.41, 5.74) is 1.03. The number of nitrogens with one attached hydrogen (secondary N) is 1. The summed E-state index contributed by atoms with van der Waals surface area (Å²) >= 11 is 12.3. The lowest BCUT2D eigenvalue weighted by Gasteiger charge is -2.46. The van der Waals surface area contributed by atoms with E-state index >= 15 is 0 Å². The largest absolute Gasteiger partial charge is 0.364 e. The van der Waals surface area contributed by atoms with E-state index in [1.807, 2.05) is 12.1 Å². The van der Waals surface area contributed by atoms with E-state index in [9.17, 15) is 0 Å². The van der Waals surface area contributed by atoms with Crippen molar-refractivity contribution in [2.75, 3.05) is 13.1 Å². The molecule has 110 valence electrons. The minimum Gasteiger partial charge on any atom is -0.364 e. The summed E-state index contributed by atoms with van der Waals surface area (Å²) in [6.45, 7) is 4.10. The molecule has 3 rings (SSSR count). The number of halogens is 2. The molecule has 3 atom stereocenters. The van der Waals surface area contributed by atoms with Crippen molar-refractivity contribution in [3.05, 3.63) is 33.8 Å². The van der Waals surface area contributed by atoms with Crippen LogP contribution < -0.4 is 5.32 Å². The van der Waals surface area contributed by atoms with Gasteiger partial charge in [-0.15, -0.1) is 0 Å². The predicted molar refractivity (Wildman–Crippen MR) is 83.5 cm³/mol. The number of hydrogen-bond donors (Lipinski definition) is 1. The lowest BCUT2D eigenvalue weighted by molar-refractivity contribution is -0.143. The Morgan fingerprint density at radius 1 is 1.35 bits per heavy atom. The van der Waals surface area contributed by atoms with Gasteiger partial charge in [0.2, 0.25) is 0 Å². The molecular formula is C16H21Cl2NO. The van der Waals surface area contributed by atoms with Gasteiger partial charge in [0.15, 0.2) is 0 Å². The summed E-state index contributed by atoms with van der Waals surface area (Å²) in [4.78, 5) is 0. The zero-order chi connectivity index (χ0) is 14.2. The SMILES string of the molecule is CC1CCCC2(CNCC(c3ccc(Cl)cc3Cl)O2)C1. The van der Waals surface area contributed by atoms with Crippen LogP contribution in [0.5, 0.6) is 0 Å². The lowest BCUT2D eigenvalue weighted by atomic mass is 9.77. The molecule has 0 radical (unpaired) electrons. The van der Waals surface area contributed by atoms with Crippen LogP contribution in [0.1, 0.15) is 44.3 Å². The van der Waals surface area contributed by atoms with E-state index in [2.05, 4.69) is 12.2 Å². The van der Waals surface area contributed by atoms with Crippen LogP contribution in [0.3, 0.4) is 0 Å². The van der Waals surface area contributed by atoms with Crippen molar-refractivity contribution in [3.63, 3.8) is 0 Å². The molecule has 1 aromatic carbocycles. The molecule has 2 nitrogen and oxygen atoms in total. The molecule has 2 aliphatic rings. The first-order chi connectivity index (χ1) is 9.58. The van der Waals surface area contributed by atoms with Gasteiger partial charge in [-0.05, 0) is 30.9 Å². The zero-order valence-electron chi connectivity index (χ0n) is 11.8. The van der Waals surface area contributed by atoms with Gasteiger partial charge in [0.25, 0.3) is 0 Å². The third-order valence-corrected chi connectivity index (χ3v) is 5.09. The predicted octanol–water partition coefficient (Wildman–Crippen LogP) is 4.60. The number of hydrogen-bond acceptors (Lipinski definition) is 2. The maximum atomic E-state index is 6.50. The maximum absolute atomic E-state index is 6.50. The highest BCUT2D eigenvalue weighted by molar-refractivity contribution is 6.35. The second kappa shape index (κ2) is 5.84. The Labute approximate surface area is 130 Å². The zero-order valence-corrected chi connectivity index (χ0v) is 13.3. The van der Waals surface area contributed by atoms with Crippen molar-refractivity contribution in [3.8, 4) is 0 Å². The van der Waals surface area contributed by atoms with Crippen LogP contribution in [0.2, 0.25) is 10.0 Å². The highest BCUT2D eigenvalue weighted by Crippen LogP contribution is 2.41.